The highest BCUT2D eigenvalue weighted by Crippen LogP contribution is 2.21. The first-order valence-corrected chi connectivity index (χ1v) is 6.02. The predicted octanol–water partition coefficient (Wildman–Crippen LogP) is 2.68. The number of nitrogens with one attached hydrogen (secondary N) is 1. The van der Waals surface area contributed by atoms with Gasteiger partial charge in [-0.05, 0) is 18.2 Å². The minimum absolute atomic E-state index is 0.0557. The third-order valence-electron chi connectivity index (χ3n) is 2.03. The number of amides is 1. The molecule has 0 aliphatic heterocycles. The van der Waals surface area contributed by atoms with Crippen molar-refractivity contribution in [2.45, 2.75) is 13.8 Å². The largest absolute Gasteiger partial charge is 0.389 e. The molecule has 0 unspecified atom stereocenters. The van der Waals surface area contributed by atoms with Crippen LogP contribution in [-0.4, -0.2) is 10.9 Å². The van der Waals surface area contributed by atoms with Crippen LogP contribution < -0.4 is 11.1 Å². The molecular weight excluding hydrogens is 288 g/mol. The lowest BCUT2D eigenvalue weighted by molar-refractivity contribution is -0.118. The highest BCUT2D eigenvalue weighted by molar-refractivity contribution is 9.10. The summed E-state index contributed by atoms with van der Waals surface area (Å²) < 4.78 is 0.873. The van der Waals surface area contributed by atoms with Crippen molar-refractivity contribution in [1.29, 1.82) is 0 Å². The van der Waals surface area contributed by atoms with Gasteiger partial charge < -0.3 is 11.1 Å². The molecule has 0 fully saturated rings. The Bertz CT molecular complexity index is 432. The van der Waals surface area contributed by atoms with Crippen LogP contribution in [0, 0.1) is 5.92 Å². The summed E-state index contributed by atoms with van der Waals surface area (Å²) in [5, 5.41) is 2.79. The molecule has 3 nitrogen and oxygen atoms in total. The number of rotatable bonds is 3. The number of benzene rings is 1. The lowest BCUT2D eigenvalue weighted by atomic mass is 10.1. The lowest BCUT2D eigenvalue weighted by Gasteiger charge is -2.12. The van der Waals surface area contributed by atoms with Gasteiger partial charge in [0.05, 0.1) is 5.69 Å². The summed E-state index contributed by atoms with van der Waals surface area (Å²) in [4.78, 5) is 11.8. The van der Waals surface area contributed by atoms with Crippen molar-refractivity contribution in [2.75, 3.05) is 5.32 Å². The zero-order valence-electron chi connectivity index (χ0n) is 9.08. The van der Waals surface area contributed by atoms with E-state index in [4.69, 9.17) is 18.0 Å². The fraction of sp³-hybridized carbons (Fsp3) is 0.273. The number of halogens is 1. The molecule has 0 spiro atoms. The molecule has 0 aliphatic rings. The van der Waals surface area contributed by atoms with E-state index < -0.39 is 0 Å². The first-order valence-electron chi connectivity index (χ1n) is 4.82. The Labute approximate surface area is 109 Å². The number of hydrogen-bond acceptors (Lipinski definition) is 2. The lowest BCUT2D eigenvalue weighted by Crippen LogP contribution is -2.21. The molecular formula is C11H13BrN2OS. The number of nitrogens with two attached hydrogens (primary N) is 1. The number of thiocarbonyl (C=S) groups is 1. The Morgan fingerprint density at radius 1 is 1.50 bits per heavy atom. The quantitative estimate of drug-likeness (QED) is 0.844. The second-order valence-corrected chi connectivity index (χ2v) is 5.05. The molecule has 0 bridgehead atoms. The first-order chi connectivity index (χ1) is 7.41. The fourth-order valence-corrected chi connectivity index (χ4v) is 1.64. The minimum atomic E-state index is -0.0807. The molecule has 0 aromatic heterocycles. The van der Waals surface area contributed by atoms with E-state index in [0.717, 1.165) is 4.47 Å². The smallest absolute Gasteiger partial charge is 0.226 e. The van der Waals surface area contributed by atoms with Crippen LogP contribution in [0.3, 0.4) is 0 Å². The Morgan fingerprint density at radius 2 is 2.12 bits per heavy atom. The van der Waals surface area contributed by atoms with E-state index in [2.05, 4.69) is 21.2 Å². The molecule has 0 aliphatic carbocycles. The van der Waals surface area contributed by atoms with Crippen LogP contribution >= 0.6 is 28.1 Å². The van der Waals surface area contributed by atoms with Crippen molar-refractivity contribution < 1.29 is 4.79 Å². The molecule has 0 saturated carbocycles. The summed E-state index contributed by atoms with van der Waals surface area (Å²) >= 11 is 8.27. The van der Waals surface area contributed by atoms with Crippen LogP contribution in [0.15, 0.2) is 22.7 Å². The maximum Gasteiger partial charge on any atom is 0.226 e. The van der Waals surface area contributed by atoms with Gasteiger partial charge >= 0.3 is 0 Å². The van der Waals surface area contributed by atoms with Crippen molar-refractivity contribution in [3.05, 3.63) is 28.2 Å². The number of anilines is 1. The minimum Gasteiger partial charge on any atom is -0.389 e. The van der Waals surface area contributed by atoms with E-state index in [9.17, 15) is 4.79 Å². The van der Waals surface area contributed by atoms with Gasteiger partial charge in [0.15, 0.2) is 0 Å². The monoisotopic (exact) mass is 300 g/mol. The molecule has 1 aromatic rings. The third-order valence-corrected chi connectivity index (χ3v) is 2.74. The molecule has 1 rings (SSSR count). The van der Waals surface area contributed by atoms with Crippen molar-refractivity contribution in [2.24, 2.45) is 11.7 Å². The van der Waals surface area contributed by atoms with Crippen LogP contribution in [0.2, 0.25) is 0 Å². The van der Waals surface area contributed by atoms with E-state index >= 15 is 0 Å². The summed E-state index contributed by atoms with van der Waals surface area (Å²) in [5.74, 6) is -0.136. The van der Waals surface area contributed by atoms with Gasteiger partial charge in [0.25, 0.3) is 0 Å². The molecule has 0 radical (unpaired) electrons. The first kappa shape index (κ1) is 13.1. The molecule has 0 heterocycles. The number of hydrogen-bond donors (Lipinski definition) is 2. The zero-order valence-corrected chi connectivity index (χ0v) is 11.5. The van der Waals surface area contributed by atoms with Crippen molar-refractivity contribution in [3.8, 4) is 0 Å². The summed E-state index contributed by atoms with van der Waals surface area (Å²) in [5.41, 5.74) is 6.91. The Balaban J connectivity index is 3.04. The zero-order chi connectivity index (χ0) is 12.3. The fourth-order valence-electron chi connectivity index (χ4n) is 1.11. The van der Waals surface area contributed by atoms with Gasteiger partial charge in [-0.3, -0.25) is 4.79 Å². The van der Waals surface area contributed by atoms with E-state index in [0.29, 0.717) is 11.3 Å². The summed E-state index contributed by atoms with van der Waals surface area (Å²) in [6.07, 6.45) is 0. The molecule has 1 amide bonds. The standard InChI is InChI=1S/C11H13BrN2OS/c1-6(2)11(15)14-9-4-3-7(12)5-8(9)10(13)16/h3-6H,1-2H3,(H2,13,16)(H,14,15). The van der Waals surface area contributed by atoms with E-state index in [-0.39, 0.29) is 16.8 Å². The second kappa shape index (κ2) is 5.41. The maximum absolute atomic E-state index is 11.6. The summed E-state index contributed by atoms with van der Waals surface area (Å²) in [6.45, 7) is 3.66. The van der Waals surface area contributed by atoms with Crippen LogP contribution in [0.5, 0.6) is 0 Å². The number of carbonyl (C=O) groups is 1. The molecule has 0 saturated heterocycles. The highest BCUT2D eigenvalue weighted by Gasteiger charge is 2.11. The number of carbonyl (C=O) groups excluding carboxylic acids is 1. The van der Waals surface area contributed by atoms with E-state index in [1.54, 1.807) is 12.1 Å². The SMILES string of the molecule is CC(C)C(=O)Nc1ccc(Br)cc1C(N)=S. The highest BCUT2D eigenvalue weighted by atomic mass is 79.9. The Kier molecular flexibility index (Phi) is 4.44. The van der Waals surface area contributed by atoms with Crippen LogP contribution in [0.4, 0.5) is 5.69 Å². The van der Waals surface area contributed by atoms with Crippen LogP contribution in [-0.2, 0) is 4.79 Å². The van der Waals surface area contributed by atoms with Gasteiger partial charge in [-0.2, -0.15) is 0 Å². The van der Waals surface area contributed by atoms with Gasteiger partial charge in [0.1, 0.15) is 4.99 Å². The van der Waals surface area contributed by atoms with Crippen molar-refractivity contribution in [1.82, 2.24) is 0 Å². The molecule has 86 valence electrons. The molecule has 1 aromatic carbocycles. The average molecular weight is 301 g/mol. The molecule has 3 N–H and O–H groups in total. The van der Waals surface area contributed by atoms with Gasteiger partial charge in [0, 0.05) is 16.0 Å². The average Bonchev–Trinajstić information content (AvgIpc) is 2.20. The van der Waals surface area contributed by atoms with Crippen molar-refractivity contribution >= 4 is 44.7 Å². The van der Waals surface area contributed by atoms with Gasteiger partial charge in [-0.25, -0.2) is 0 Å². The van der Waals surface area contributed by atoms with Gasteiger partial charge in [-0.15, -0.1) is 0 Å². The molecule has 16 heavy (non-hydrogen) atoms. The molecule has 5 heteroatoms. The van der Waals surface area contributed by atoms with Crippen molar-refractivity contribution in [3.63, 3.8) is 0 Å². The van der Waals surface area contributed by atoms with E-state index in [1.807, 2.05) is 19.9 Å². The Morgan fingerprint density at radius 3 is 2.62 bits per heavy atom. The summed E-state index contributed by atoms with van der Waals surface area (Å²) in [6, 6.07) is 5.40. The topological polar surface area (TPSA) is 55.1 Å². The normalized spacial score (nSPS) is 10.2. The van der Waals surface area contributed by atoms with Crippen LogP contribution in [0.1, 0.15) is 19.4 Å². The maximum atomic E-state index is 11.6. The van der Waals surface area contributed by atoms with Gasteiger partial charge in [0.2, 0.25) is 5.91 Å². The second-order valence-electron chi connectivity index (χ2n) is 3.70. The Hall–Kier alpha value is -0.940. The van der Waals surface area contributed by atoms with E-state index in [1.165, 1.54) is 0 Å². The summed E-state index contributed by atoms with van der Waals surface area (Å²) in [7, 11) is 0. The predicted molar refractivity (Wildman–Crippen MR) is 73.5 cm³/mol. The van der Waals surface area contributed by atoms with Crippen LogP contribution in [0.25, 0.3) is 0 Å². The van der Waals surface area contributed by atoms with Gasteiger partial charge in [-0.1, -0.05) is 42.0 Å². The third kappa shape index (κ3) is 3.28. The molecule has 0 atom stereocenters.